The van der Waals surface area contributed by atoms with Gasteiger partial charge < -0.3 is 14.6 Å². The van der Waals surface area contributed by atoms with Gasteiger partial charge in [0.25, 0.3) is 0 Å². The molecule has 5 rings (SSSR count). The van der Waals surface area contributed by atoms with Crippen LogP contribution in [0.15, 0.2) is 59.4 Å². The van der Waals surface area contributed by atoms with Gasteiger partial charge in [-0.15, -0.1) is 0 Å². The van der Waals surface area contributed by atoms with Gasteiger partial charge in [-0.2, -0.15) is 4.98 Å². The van der Waals surface area contributed by atoms with Crippen molar-refractivity contribution >= 4 is 16.7 Å². The van der Waals surface area contributed by atoms with Gasteiger partial charge in [-0.05, 0) is 49.2 Å². The Morgan fingerprint density at radius 2 is 2.09 bits per heavy atom. The standard InChI is InChI=1S/C24H26N6O2/c1-31-12-10-25-22-9-8-19(15-27-22)23-28-24(32-29-23)21-7-4-11-30(21)16-17-13-18-5-2-3-6-20(18)26-14-17/h2-3,5-6,8-9,13-15,21H,4,7,10-12,16H2,1H3,(H,25,27)/t21-/m0/s1. The Morgan fingerprint density at radius 3 is 2.97 bits per heavy atom. The van der Waals surface area contributed by atoms with E-state index in [1.54, 1.807) is 13.3 Å². The molecule has 3 aromatic heterocycles. The molecule has 8 nitrogen and oxygen atoms in total. The number of rotatable bonds is 8. The summed E-state index contributed by atoms with van der Waals surface area (Å²) in [6, 6.07) is 14.4. The number of para-hydroxylation sites is 1. The average Bonchev–Trinajstić information content (AvgIpc) is 3.49. The summed E-state index contributed by atoms with van der Waals surface area (Å²) in [7, 11) is 1.68. The first-order chi connectivity index (χ1) is 15.8. The lowest BCUT2D eigenvalue weighted by molar-refractivity contribution is 0.201. The van der Waals surface area contributed by atoms with Crippen LogP contribution in [0.1, 0.15) is 30.3 Å². The van der Waals surface area contributed by atoms with Crippen LogP contribution in [0, 0.1) is 0 Å². The molecule has 0 radical (unpaired) electrons. The Bertz CT molecular complexity index is 1180. The van der Waals surface area contributed by atoms with Gasteiger partial charge in [0, 0.05) is 43.5 Å². The Balaban J connectivity index is 1.28. The van der Waals surface area contributed by atoms with Crippen LogP contribution in [0.5, 0.6) is 0 Å². The molecule has 0 bridgehead atoms. The summed E-state index contributed by atoms with van der Waals surface area (Å²) in [6.45, 7) is 3.15. The Kier molecular flexibility index (Phi) is 6.04. The van der Waals surface area contributed by atoms with Gasteiger partial charge >= 0.3 is 0 Å². The van der Waals surface area contributed by atoms with Crippen molar-refractivity contribution < 1.29 is 9.26 Å². The monoisotopic (exact) mass is 430 g/mol. The number of hydrogen-bond donors (Lipinski definition) is 1. The van der Waals surface area contributed by atoms with E-state index in [0.717, 1.165) is 48.2 Å². The lowest BCUT2D eigenvalue weighted by Gasteiger charge is -2.21. The molecule has 1 aliphatic heterocycles. The third-order valence-corrected chi connectivity index (χ3v) is 5.76. The van der Waals surface area contributed by atoms with Gasteiger partial charge in [0.15, 0.2) is 0 Å². The van der Waals surface area contributed by atoms with E-state index in [0.29, 0.717) is 24.9 Å². The second-order valence-electron chi connectivity index (χ2n) is 7.97. The fourth-order valence-corrected chi connectivity index (χ4v) is 4.13. The molecule has 1 fully saturated rings. The van der Waals surface area contributed by atoms with Gasteiger partial charge in [0.1, 0.15) is 5.82 Å². The highest BCUT2D eigenvalue weighted by Gasteiger charge is 2.31. The average molecular weight is 431 g/mol. The number of aromatic nitrogens is 4. The SMILES string of the molecule is COCCNc1ccc(-c2noc([C@@H]3CCCN3Cc3cnc4ccccc4c3)n2)cn1. The predicted molar refractivity (Wildman–Crippen MR) is 122 cm³/mol. The summed E-state index contributed by atoms with van der Waals surface area (Å²) < 4.78 is 10.7. The highest BCUT2D eigenvalue weighted by molar-refractivity contribution is 5.78. The molecule has 164 valence electrons. The Labute approximate surface area is 186 Å². The first-order valence-corrected chi connectivity index (χ1v) is 10.9. The molecule has 0 spiro atoms. The number of nitrogens with one attached hydrogen (secondary N) is 1. The molecule has 1 aromatic carbocycles. The highest BCUT2D eigenvalue weighted by atomic mass is 16.5. The van der Waals surface area contributed by atoms with Crippen molar-refractivity contribution in [2.45, 2.75) is 25.4 Å². The van der Waals surface area contributed by atoms with E-state index >= 15 is 0 Å². The second-order valence-corrected chi connectivity index (χ2v) is 7.97. The third kappa shape index (κ3) is 4.46. The minimum atomic E-state index is 0.116. The van der Waals surface area contributed by atoms with Crippen LogP contribution in [-0.2, 0) is 11.3 Å². The number of anilines is 1. The number of benzene rings is 1. The molecule has 1 N–H and O–H groups in total. The lowest BCUT2D eigenvalue weighted by atomic mass is 10.1. The molecular formula is C24H26N6O2. The molecule has 1 atom stereocenters. The van der Waals surface area contributed by atoms with Gasteiger partial charge in [-0.1, -0.05) is 23.4 Å². The van der Waals surface area contributed by atoms with E-state index in [-0.39, 0.29) is 6.04 Å². The highest BCUT2D eigenvalue weighted by Crippen LogP contribution is 2.33. The second kappa shape index (κ2) is 9.42. The summed E-state index contributed by atoms with van der Waals surface area (Å²) in [4.78, 5) is 16.1. The quantitative estimate of drug-likeness (QED) is 0.419. The zero-order chi connectivity index (χ0) is 21.8. The number of pyridine rings is 2. The van der Waals surface area contributed by atoms with Gasteiger partial charge in [-0.25, -0.2) is 4.98 Å². The normalized spacial score (nSPS) is 16.6. The van der Waals surface area contributed by atoms with Crippen LogP contribution < -0.4 is 5.32 Å². The zero-order valence-corrected chi connectivity index (χ0v) is 18.1. The molecule has 0 unspecified atom stereocenters. The topological polar surface area (TPSA) is 89.2 Å². The summed E-state index contributed by atoms with van der Waals surface area (Å²) in [5.74, 6) is 2.02. The first-order valence-electron chi connectivity index (χ1n) is 10.9. The summed E-state index contributed by atoms with van der Waals surface area (Å²) in [5.41, 5.74) is 3.04. The molecule has 1 aliphatic rings. The molecule has 0 amide bonds. The van der Waals surface area contributed by atoms with Crippen molar-refractivity contribution in [3.05, 3.63) is 66.3 Å². The van der Waals surface area contributed by atoms with E-state index in [4.69, 9.17) is 14.2 Å². The molecule has 0 aliphatic carbocycles. The van der Waals surface area contributed by atoms with Crippen LogP contribution in [0.4, 0.5) is 5.82 Å². The van der Waals surface area contributed by atoms with Crippen LogP contribution >= 0.6 is 0 Å². The summed E-state index contributed by atoms with van der Waals surface area (Å²) >= 11 is 0. The van der Waals surface area contributed by atoms with Crippen molar-refractivity contribution in [3.8, 4) is 11.4 Å². The van der Waals surface area contributed by atoms with Crippen LogP contribution in [0.25, 0.3) is 22.3 Å². The lowest BCUT2D eigenvalue weighted by Crippen LogP contribution is -2.23. The van der Waals surface area contributed by atoms with Gasteiger partial charge in [0.2, 0.25) is 11.7 Å². The molecule has 4 heterocycles. The van der Waals surface area contributed by atoms with Crippen molar-refractivity contribution in [2.24, 2.45) is 0 Å². The Hall–Kier alpha value is -3.36. The van der Waals surface area contributed by atoms with Gasteiger partial charge in [0.05, 0.1) is 18.2 Å². The van der Waals surface area contributed by atoms with Crippen molar-refractivity contribution in [2.75, 3.05) is 32.1 Å². The largest absolute Gasteiger partial charge is 0.383 e. The number of fused-ring (bicyclic) bond motifs is 1. The summed E-state index contributed by atoms with van der Waals surface area (Å²) in [5, 5.41) is 8.58. The molecular weight excluding hydrogens is 404 g/mol. The minimum Gasteiger partial charge on any atom is -0.383 e. The van der Waals surface area contributed by atoms with Crippen LogP contribution in [0.3, 0.4) is 0 Å². The van der Waals surface area contributed by atoms with Gasteiger partial charge in [-0.3, -0.25) is 9.88 Å². The van der Waals surface area contributed by atoms with E-state index < -0.39 is 0 Å². The fourth-order valence-electron chi connectivity index (χ4n) is 4.13. The number of hydrogen-bond acceptors (Lipinski definition) is 8. The van der Waals surface area contributed by atoms with Crippen LogP contribution in [-0.4, -0.2) is 51.8 Å². The van der Waals surface area contributed by atoms with E-state index in [1.165, 1.54) is 5.56 Å². The van der Waals surface area contributed by atoms with Crippen LogP contribution in [0.2, 0.25) is 0 Å². The molecule has 1 saturated heterocycles. The maximum absolute atomic E-state index is 5.67. The molecule has 8 heteroatoms. The Morgan fingerprint density at radius 1 is 1.16 bits per heavy atom. The zero-order valence-electron chi connectivity index (χ0n) is 18.1. The van der Waals surface area contributed by atoms with E-state index in [2.05, 4.69) is 37.5 Å². The molecule has 4 aromatic rings. The van der Waals surface area contributed by atoms with E-state index in [1.807, 2.05) is 36.5 Å². The minimum absolute atomic E-state index is 0.116. The smallest absolute Gasteiger partial charge is 0.244 e. The predicted octanol–water partition coefficient (Wildman–Crippen LogP) is 4.08. The van der Waals surface area contributed by atoms with Crippen molar-refractivity contribution in [1.82, 2.24) is 25.0 Å². The molecule has 0 saturated carbocycles. The summed E-state index contributed by atoms with van der Waals surface area (Å²) in [6.07, 6.45) is 5.83. The third-order valence-electron chi connectivity index (χ3n) is 5.76. The maximum atomic E-state index is 5.67. The number of methoxy groups -OCH3 is 1. The number of ether oxygens (including phenoxy) is 1. The number of nitrogens with zero attached hydrogens (tertiary/aromatic N) is 5. The fraction of sp³-hybridized carbons (Fsp3) is 0.333. The van der Waals surface area contributed by atoms with Crippen molar-refractivity contribution in [3.63, 3.8) is 0 Å². The van der Waals surface area contributed by atoms with E-state index in [9.17, 15) is 0 Å². The molecule has 32 heavy (non-hydrogen) atoms. The first kappa shape index (κ1) is 20.5. The maximum Gasteiger partial charge on any atom is 0.244 e. The van der Waals surface area contributed by atoms with Crippen molar-refractivity contribution in [1.29, 1.82) is 0 Å². The number of likely N-dealkylation sites (tertiary alicyclic amines) is 1.